The van der Waals surface area contributed by atoms with E-state index in [2.05, 4.69) is 16.6 Å². The summed E-state index contributed by atoms with van der Waals surface area (Å²) in [6.45, 7) is 6.90. The van der Waals surface area contributed by atoms with E-state index >= 15 is 0 Å². The van der Waals surface area contributed by atoms with E-state index in [1.54, 1.807) is 17.0 Å². The Morgan fingerprint density at radius 3 is 2.60 bits per heavy atom. The van der Waals surface area contributed by atoms with E-state index < -0.39 is 0 Å². The zero-order valence-corrected chi connectivity index (χ0v) is 13.7. The first-order valence-electron chi connectivity index (χ1n) is 7.25. The van der Waals surface area contributed by atoms with Crippen LogP contribution in [0.15, 0.2) is 17.2 Å². The minimum absolute atomic E-state index is 0.0331. The maximum absolute atomic E-state index is 12.4. The van der Waals surface area contributed by atoms with Crippen LogP contribution in [0.5, 0.6) is 0 Å². The molecule has 1 heterocycles. The third-order valence-corrected chi connectivity index (χ3v) is 5.51. The van der Waals surface area contributed by atoms with Gasteiger partial charge in [-0.25, -0.2) is 4.98 Å². The summed E-state index contributed by atoms with van der Waals surface area (Å²) >= 11 is 1.92. The lowest BCUT2D eigenvalue weighted by molar-refractivity contribution is 0.383. The zero-order chi connectivity index (χ0) is 14.8. The van der Waals surface area contributed by atoms with Gasteiger partial charge >= 0.3 is 0 Å². The number of hydrogen-bond acceptors (Lipinski definition) is 4. The molecule has 2 rings (SSSR count). The fraction of sp³-hybridized carbons (Fsp3) is 0.733. The molecule has 0 bridgehead atoms. The molecule has 1 aliphatic carbocycles. The molecule has 0 aliphatic heterocycles. The SMILES string of the molecule is CSC1(CNc2nccn(C(C)(C)C)c2=O)CCCC1. The maximum atomic E-state index is 12.4. The molecular weight excluding hydrogens is 270 g/mol. The van der Waals surface area contributed by atoms with Crippen LogP contribution in [0.4, 0.5) is 5.82 Å². The number of anilines is 1. The van der Waals surface area contributed by atoms with E-state index in [9.17, 15) is 4.79 Å². The van der Waals surface area contributed by atoms with Gasteiger partial charge in [-0.15, -0.1) is 0 Å². The summed E-state index contributed by atoms with van der Waals surface area (Å²) in [5.41, 5.74) is -0.254. The predicted octanol–water partition coefficient (Wildman–Crippen LogP) is 3.09. The zero-order valence-electron chi connectivity index (χ0n) is 12.9. The molecule has 0 aromatic carbocycles. The Bertz CT molecular complexity index is 513. The highest BCUT2D eigenvalue weighted by molar-refractivity contribution is 8.00. The molecule has 1 aromatic heterocycles. The molecule has 0 saturated heterocycles. The van der Waals surface area contributed by atoms with Crippen LogP contribution in [0.2, 0.25) is 0 Å². The van der Waals surface area contributed by atoms with Gasteiger partial charge in [-0.2, -0.15) is 11.8 Å². The van der Waals surface area contributed by atoms with Crippen molar-refractivity contribution in [3.63, 3.8) is 0 Å². The molecular formula is C15H25N3OS. The maximum Gasteiger partial charge on any atom is 0.293 e. The van der Waals surface area contributed by atoms with Crippen LogP contribution < -0.4 is 10.9 Å². The monoisotopic (exact) mass is 295 g/mol. The van der Waals surface area contributed by atoms with Gasteiger partial charge < -0.3 is 9.88 Å². The topological polar surface area (TPSA) is 46.9 Å². The van der Waals surface area contributed by atoms with Crippen molar-refractivity contribution in [1.29, 1.82) is 0 Å². The molecule has 0 atom stereocenters. The normalized spacial score (nSPS) is 18.2. The summed E-state index contributed by atoms with van der Waals surface area (Å²) in [6, 6.07) is 0. The number of rotatable bonds is 4. The second-order valence-electron chi connectivity index (χ2n) is 6.57. The first-order chi connectivity index (χ1) is 9.38. The highest BCUT2D eigenvalue weighted by Crippen LogP contribution is 2.40. The van der Waals surface area contributed by atoms with Crippen molar-refractivity contribution >= 4 is 17.6 Å². The Kier molecular flexibility index (Phi) is 4.47. The molecule has 0 spiro atoms. The molecule has 5 heteroatoms. The Morgan fingerprint density at radius 1 is 1.40 bits per heavy atom. The largest absolute Gasteiger partial charge is 0.364 e. The van der Waals surface area contributed by atoms with Crippen LogP contribution in [0.3, 0.4) is 0 Å². The van der Waals surface area contributed by atoms with E-state index in [1.165, 1.54) is 25.7 Å². The standard InChI is InChI=1S/C15H25N3OS/c1-14(2,3)18-10-9-16-12(13(18)19)17-11-15(20-4)7-5-6-8-15/h9-10H,5-8,11H2,1-4H3,(H,16,17). The molecule has 0 radical (unpaired) electrons. The number of nitrogens with one attached hydrogen (secondary N) is 1. The summed E-state index contributed by atoms with van der Waals surface area (Å²) < 4.78 is 2.01. The average Bonchev–Trinajstić information content (AvgIpc) is 2.85. The predicted molar refractivity (Wildman–Crippen MR) is 86.7 cm³/mol. The van der Waals surface area contributed by atoms with Crippen LogP contribution >= 0.6 is 11.8 Å². The highest BCUT2D eigenvalue weighted by atomic mass is 32.2. The van der Waals surface area contributed by atoms with Gasteiger partial charge in [0.25, 0.3) is 5.56 Å². The summed E-state index contributed by atoms with van der Waals surface area (Å²) in [7, 11) is 0. The van der Waals surface area contributed by atoms with Gasteiger partial charge in [0.15, 0.2) is 5.82 Å². The number of thioether (sulfide) groups is 1. The molecule has 1 fully saturated rings. The van der Waals surface area contributed by atoms with Gasteiger partial charge in [0, 0.05) is 29.2 Å². The lowest BCUT2D eigenvalue weighted by Crippen LogP contribution is -2.37. The average molecular weight is 295 g/mol. The van der Waals surface area contributed by atoms with Crippen molar-refractivity contribution < 1.29 is 0 Å². The number of nitrogens with zero attached hydrogens (tertiary/aromatic N) is 2. The third kappa shape index (κ3) is 3.19. The minimum atomic E-state index is -0.221. The Morgan fingerprint density at radius 2 is 2.05 bits per heavy atom. The fourth-order valence-corrected chi connectivity index (χ4v) is 3.69. The van der Waals surface area contributed by atoms with Gasteiger partial charge in [-0.05, 0) is 39.9 Å². The number of aromatic nitrogens is 2. The summed E-state index contributed by atoms with van der Waals surface area (Å²) in [4.78, 5) is 16.7. The van der Waals surface area contributed by atoms with E-state index in [-0.39, 0.29) is 15.8 Å². The van der Waals surface area contributed by atoms with Crippen LogP contribution in [0, 0.1) is 0 Å². The van der Waals surface area contributed by atoms with Crippen LogP contribution in [-0.4, -0.2) is 27.1 Å². The van der Waals surface area contributed by atoms with Crippen molar-refractivity contribution in [2.45, 2.75) is 56.7 Å². The first-order valence-corrected chi connectivity index (χ1v) is 8.48. The van der Waals surface area contributed by atoms with E-state index in [0.29, 0.717) is 5.82 Å². The highest BCUT2D eigenvalue weighted by Gasteiger charge is 2.33. The smallest absolute Gasteiger partial charge is 0.293 e. The molecule has 112 valence electrons. The van der Waals surface area contributed by atoms with Crippen LogP contribution in [-0.2, 0) is 5.54 Å². The van der Waals surface area contributed by atoms with Crippen LogP contribution in [0.25, 0.3) is 0 Å². The lowest BCUT2D eigenvalue weighted by Gasteiger charge is -2.27. The summed E-state index contributed by atoms with van der Waals surface area (Å²) in [5, 5.41) is 3.29. The first kappa shape index (κ1) is 15.4. The van der Waals surface area contributed by atoms with E-state index in [1.807, 2.05) is 32.5 Å². The molecule has 1 aromatic rings. The Balaban J connectivity index is 2.16. The molecule has 20 heavy (non-hydrogen) atoms. The van der Waals surface area contributed by atoms with Crippen molar-refractivity contribution in [2.24, 2.45) is 0 Å². The summed E-state index contributed by atoms with van der Waals surface area (Å²) in [5.74, 6) is 0.475. The minimum Gasteiger partial charge on any atom is -0.364 e. The molecule has 1 saturated carbocycles. The molecule has 1 N–H and O–H groups in total. The molecule has 0 amide bonds. The molecule has 0 unspecified atom stereocenters. The van der Waals surface area contributed by atoms with E-state index in [4.69, 9.17) is 0 Å². The van der Waals surface area contributed by atoms with E-state index in [0.717, 1.165) is 6.54 Å². The van der Waals surface area contributed by atoms with Gasteiger partial charge in [-0.3, -0.25) is 4.79 Å². The van der Waals surface area contributed by atoms with Crippen molar-refractivity contribution in [3.8, 4) is 0 Å². The second kappa shape index (κ2) is 5.80. The molecule has 4 nitrogen and oxygen atoms in total. The molecule has 1 aliphatic rings. The van der Waals surface area contributed by atoms with Gasteiger partial charge in [0.05, 0.1) is 0 Å². The third-order valence-electron chi connectivity index (χ3n) is 4.09. The van der Waals surface area contributed by atoms with Crippen molar-refractivity contribution in [1.82, 2.24) is 9.55 Å². The Hall–Kier alpha value is -0.970. The fourth-order valence-electron chi connectivity index (χ4n) is 2.78. The quantitative estimate of drug-likeness (QED) is 0.927. The Labute approximate surface area is 125 Å². The lowest BCUT2D eigenvalue weighted by atomic mass is 10.1. The van der Waals surface area contributed by atoms with Crippen molar-refractivity contribution in [2.75, 3.05) is 18.1 Å². The van der Waals surface area contributed by atoms with Gasteiger partial charge in [0.2, 0.25) is 0 Å². The summed E-state index contributed by atoms with van der Waals surface area (Å²) in [6.07, 6.45) is 10.7. The second-order valence-corrected chi connectivity index (χ2v) is 7.84. The van der Waals surface area contributed by atoms with Crippen molar-refractivity contribution in [3.05, 3.63) is 22.7 Å². The van der Waals surface area contributed by atoms with Gasteiger partial charge in [0.1, 0.15) is 0 Å². The van der Waals surface area contributed by atoms with Gasteiger partial charge in [-0.1, -0.05) is 12.8 Å². The number of hydrogen-bond donors (Lipinski definition) is 1. The van der Waals surface area contributed by atoms with Crippen LogP contribution in [0.1, 0.15) is 46.5 Å².